The Morgan fingerprint density at radius 1 is 1.47 bits per heavy atom. The van der Waals surface area contributed by atoms with Crippen molar-refractivity contribution < 1.29 is 5.11 Å². The molecule has 0 amide bonds. The van der Waals surface area contributed by atoms with Crippen LogP contribution < -0.4 is 11.1 Å². The number of hydrogen-bond donors (Lipinski definition) is 3. The first-order valence-electron chi connectivity index (χ1n) is 5.79. The summed E-state index contributed by atoms with van der Waals surface area (Å²) in [7, 11) is 0. The number of hydrogen-bond acceptors (Lipinski definition) is 5. The number of aryl methyl sites for hydroxylation is 1. The lowest BCUT2D eigenvalue weighted by Gasteiger charge is -2.20. The summed E-state index contributed by atoms with van der Waals surface area (Å²) in [6.45, 7) is 1.99. The lowest BCUT2D eigenvalue weighted by molar-refractivity contribution is 0.222. The van der Waals surface area contributed by atoms with Crippen molar-refractivity contribution in [1.82, 2.24) is 9.97 Å². The van der Waals surface area contributed by atoms with Gasteiger partial charge in [0.25, 0.3) is 0 Å². The summed E-state index contributed by atoms with van der Waals surface area (Å²) < 4.78 is 0. The Bertz CT molecular complexity index is 413. The molecule has 0 aromatic carbocycles. The zero-order chi connectivity index (χ0) is 12.4. The number of aliphatic hydroxyl groups is 1. The van der Waals surface area contributed by atoms with Crippen molar-refractivity contribution in [3.63, 3.8) is 0 Å². The van der Waals surface area contributed by atoms with E-state index in [1.54, 1.807) is 6.92 Å². The van der Waals surface area contributed by atoms with Crippen molar-refractivity contribution in [2.75, 3.05) is 17.7 Å². The Labute approximate surface area is 105 Å². The van der Waals surface area contributed by atoms with Gasteiger partial charge in [0, 0.05) is 18.6 Å². The fourth-order valence-electron chi connectivity index (χ4n) is 2.28. The fraction of sp³-hybridized carbons (Fsp3) is 0.636. The molecule has 4 N–H and O–H groups in total. The number of nitrogen functional groups attached to an aromatic ring is 1. The van der Waals surface area contributed by atoms with Crippen LogP contribution in [0.1, 0.15) is 25.0 Å². The molecule has 1 aromatic heterocycles. The molecule has 2 rings (SSSR count). The minimum Gasteiger partial charge on any atom is -0.396 e. The van der Waals surface area contributed by atoms with Crippen molar-refractivity contribution in [2.24, 2.45) is 5.92 Å². The highest BCUT2D eigenvalue weighted by Crippen LogP contribution is 2.30. The third-order valence-corrected chi connectivity index (χ3v) is 3.49. The van der Waals surface area contributed by atoms with Crippen molar-refractivity contribution in [2.45, 2.75) is 32.2 Å². The van der Waals surface area contributed by atoms with E-state index in [-0.39, 0.29) is 23.9 Å². The van der Waals surface area contributed by atoms with Crippen LogP contribution in [-0.4, -0.2) is 27.7 Å². The number of halogens is 1. The predicted molar refractivity (Wildman–Crippen MR) is 68.0 cm³/mol. The number of nitrogens with two attached hydrogens (primary N) is 1. The number of aliphatic hydroxyl groups excluding tert-OH is 1. The third kappa shape index (κ3) is 2.61. The summed E-state index contributed by atoms with van der Waals surface area (Å²) in [5.74, 6) is 0.844. The van der Waals surface area contributed by atoms with Gasteiger partial charge in [0.1, 0.15) is 0 Å². The van der Waals surface area contributed by atoms with Gasteiger partial charge in [-0.15, -0.1) is 0 Å². The summed E-state index contributed by atoms with van der Waals surface area (Å²) in [4.78, 5) is 8.09. The van der Waals surface area contributed by atoms with Gasteiger partial charge in [-0.25, -0.2) is 4.98 Å². The summed E-state index contributed by atoms with van der Waals surface area (Å²) in [5.41, 5.74) is 7.11. The molecule has 0 aliphatic heterocycles. The molecular weight excluding hydrogens is 240 g/mol. The average molecular weight is 257 g/mol. The molecule has 94 valence electrons. The second-order valence-corrected chi connectivity index (χ2v) is 4.80. The number of anilines is 2. The molecule has 1 fully saturated rings. The SMILES string of the molecule is Cc1nc(Cl)nc(NC2CCCC2CO)c1N. The van der Waals surface area contributed by atoms with E-state index in [9.17, 15) is 5.11 Å². The van der Waals surface area contributed by atoms with Crippen molar-refractivity contribution >= 4 is 23.1 Å². The summed E-state index contributed by atoms with van der Waals surface area (Å²) >= 11 is 5.81. The lowest BCUT2D eigenvalue weighted by atomic mass is 10.1. The Morgan fingerprint density at radius 3 is 2.94 bits per heavy atom. The summed E-state index contributed by atoms with van der Waals surface area (Å²) in [6, 6.07) is 0.215. The molecule has 1 aromatic rings. The van der Waals surface area contributed by atoms with Crippen molar-refractivity contribution in [3.8, 4) is 0 Å². The largest absolute Gasteiger partial charge is 0.396 e. The highest BCUT2D eigenvalue weighted by atomic mass is 35.5. The molecule has 1 heterocycles. The molecule has 17 heavy (non-hydrogen) atoms. The van der Waals surface area contributed by atoms with Gasteiger partial charge >= 0.3 is 0 Å². The van der Waals surface area contributed by atoms with Gasteiger partial charge in [-0.1, -0.05) is 6.42 Å². The standard InChI is InChI=1S/C11H17ClN4O/c1-6-9(13)10(16-11(12)14-6)15-8-4-2-3-7(8)5-17/h7-8,17H,2-5,13H2,1H3,(H,14,15,16). The molecular formula is C11H17ClN4O. The minimum absolute atomic E-state index is 0.190. The van der Waals surface area contributed by atoms with Crippen molar-refractivity contribution in [3.05, 3.63) is 11.0 Å². The van der Waals surface area contributed by atoms with E-state index >= 15 is 0 Å². The molecule has 1 aliphatic carbocycles. The maximum Gasteiger partial charge on any atom is 0.224 e. The zero-order valence-corrected chi connectivity index (χ0v) is 10.5. The first-order chi connectivity index (χ1) is 8.11. The Balaban J connectivity index is 2.18. The van der Waals surface area contributed by atoms with Gasteiger partial charge in [-0.05, 0) is 31.4 Å². The molecule has 6 heteroatoms. The Kier molecular flexibility index (Phi) is 3.69. The molecule has 1 aliphatic rings. The normalized spacial score (nSPS) is 23.9. The number of nitrogens with one attached hydrogen (secondary N) is 1. The van der Waals surface area contributed by atoms with Crippen LogP contribution in [0.2, 0.25) is 5.28 Å². The third-order valence-electron chi connectivity index (χ3n) is 3.32. The topological polar surface area (TPSA) is 84.1 Å². The molecule has 0 spiro atoms. The van der Waals surface area contributed by atoms with Gasteiger partial charge < -0.3 is 16.2 Å². The van der Waals surface area contributed by atoms with Crippen LogP contribution in [0.3, 0.4) is 0 Å². The second kappa shape index (κ2) is 5.06. The minimum atomic E-state index is 0.190. The van der Waals surface area contributed by atoms with Crippen LogP contribution >= 0.6 is 11.6 Å². The number of rotatable bonds is 3. The molecule has 2 atom stereocenters. The highest BCUT2D eigenvalue weighted by molar-refractivity contribution is 6.28. The van der Waals surface area contributed by atoms with Gasteiger partial charge in [-0.3, -0.25) is 0 Å². The molecule has 0 bridgehead atoms. The summed E-state index contributed by atoms with van der Waals surface area (Å²) in [5, 5.41) is 12.7. The van der Waals surface area contributed by atoms with Crippen LogP contribution in [0, 0.1) is 12.8 Å². The van der Waals surface area contributed by atoms with Gasteiger partial charge in [0.05, 0.1) is 11.4 Å². The molecule has 1 saturated carbocycles. The van der Waals surface area contributed by atoms with E-state index in [0.717, 1.165) is 19.3 Å². The van der Waals surface area contributed by atoms with E-state index in [0.29, 0.717) is 17.2 Å². The first-order valence-corrected chi connectivity index (χ1v) is 6.16. The summed E-state index contributed by atoms with van der Waals surface area (Å²) in [6.07, 6.45) is 3.16. The number of nitrogens with zero attached hydrogens (tertiary/aromatic N) is 2. The van der Waals surface area contributed by atoms with Crippen LogP contribution in [-0.2, 0) is 0 Å². The van der Waals surface area contributed by atoms with Crippen LogP contribution in [0.25, 0.3) is 0 Å². The molecule has 2 unspecified atom stereocenters. The molecule has 0 radical (unpaired) electrons. The number of aromatic nitrogens is 2. The van der Waals surface area contributed by atoms with E-state index in [1.807, 2.05) is 0 Å². The molecule has 0 saturated heterocycles. The van der Waals surface area contributed by atoms with Gasteiger partial charge in [-0.2, -0.15) is 4.98 Å². The van der Waals surface area contributed by atoms with E-state index < -0.39 is 0 Å². The zero-order valence-electron chi connectivity index (χ0n) is 9.78. The van der Waals surface area contributed by atoms with Crippen LogP contribution in [0.5, 0.6) is 0 Å². The second-order valence-electron chi connectivity index (χ2n) is 4.46. The van der Waals surface area contributed by atoms with Crippen LogP contribution in [0.4, 0.5) is 11.5 Å². The Hall–Kier alpha value is -1.07. The predicted octanol–water partition coefficient (Wildman–Crippen LogP) is 1.59. The maximum atomic E-state index is 9.26. The monoisotopic (exact) mass is 256 g/mol. The highest BCUT2D eigenvalue weighted by Gasteiger charge is 2.27. The van der Waals surface area contributed by atoms with E-state index in [4.69, 9.17) is 17.3 Å². The quantitative estimate of drug-likeness (QED) is 0.716. The fourth-order valence-corrected chi connectivity index (χ4v) is 2.49. The van der Waals surface area contributed by atoms with Crippen molar-refractivity contribution in [1.29, 1.82) is 0 Å². The maximum absolute atomic E-state index is 9.26. The van der Waals surface area contributed by atoms with Gasteiger partial charge in [0.2, 0.25) is 5.28 Å². The van der Waals surface area contributed by atoms with Gasteiger partial charge in [0.15, 0.2) is 5.82 Å². The van der Waals surface area contributed by atoms with E-state index in [2.05, 4.69) is 15.3 Å². The van der Waals surface area contributed by atoms with E-state index in [1.165, 1.54) is 0 Å². The average Bonchev–Trinajstić information content (AvgIpc) is 2.72. The Morgan fingerprint density at radius 2 is 2.24 bits per heavy atom. The van der Waals surface area contributed by atoms with Crippen LogP contribution in [0.15, 0.2) is 0 Å². The lowest BCUT2D eigenvalue weighted by Crippen LogP contribution is -2.27. The first kappa shape index (κ1) is 12.4. The smallest absolute Gasteiger partial charge is 0.224 e. The molecule has 5 nitrogen and oxygen atoms in total.